The van der Waals surface area contributed by atoms with Crippen LogP contribution in [-0.2, 0) is 9.53 Å². The summed E-state index contributed by atoms with van der Waals surface area (Å²) >= 11 is 5.86. The highest BCUT2D eigenvalue weighted by atomic mass is 35.5. The SMILES string of the molecule is COc1cc(OC)cc(C(=O)OC(C)C(=O)Nc2ccc(F)cc2Cl)c1. The summed E-state index contributed by atoms with van der Waals surface area (Å²) in [5.41, 5.74) is 0.379. The van der Waals surface area contributed by atoms with Gasteiger partial charge in [-0.2, -0.15) is 0 Å². The summed E-state index contributed by atoms with van der Waals surface area (Å²) in [7, 11) is 2.90. The molecule has 0 saturated heterocycles. The van der Waals surface area contributed by atoms with Crippen LogP contribution in [-0.4, -0.2) is 32.2 Å². The number of amides is 1. The molecule has 8 heteroatoms. The summed E-state index contributed by atoms with van der Waals surface area (Å²) in [5, 5.41) is 2.51. The Labute approximate surface area is 154 Å². The number of esters is 1. The number of anilines is 1. The van der Waals surface area contributed by atoms with E-state index in [1.165, 1.54) is 39.3 Å². The second-order valence-electron chi connectivity index (χ2n) is 5.26. The lowest BCUT2D eigenvalue weighted by Gasteiger charge is -2.15. The van der Waals surface area contributed by atoms with Gasteiger partial charge < -0.3 is 19.5 Å². The van der Waals surface area contributed by atoms with E-state index >= 15 is 0 Å². The zero-order chi connectivity index (χ0) is 19.3. The fourth-order valence-corrected chi connectivity index (χ4v) is 2.25. The molecule has 0 aromatic heterocycles. The third-order valence-corrected chi connectivity index (χ3v) is 3.74. The number of ether oxygens (including phenoxy) is 3. The predicted octanol–water partition coefficient (Wildman–Crippen LogP) is 3.68. The lowest BCUT2D eigenvalue weighted by atomic mass is 10.2. The van der Waals surface area contributed by atoms with Crippen LogP contribution in [0.1, 0.15) is 17.3 Å². The molecule has 0 aliphatic heterocycles. The van der Waals surface area contributed by atoms with Gasteiger partial charge >= 0.3 is 5.97 Å². The van der Waals surface area contributed by atoms with E-state index in [-0.39, 0.29) is 16.3 Å². The molecule has 0 bridgehead atoms. The largest absolute Gasteiger partial charge is 0.497 e. The number of halogens is 2. The standard InChI is InChI=1S/C18H17ClFNO5/c1-10(17(22)21-16-5-4-12(20)8-15(16)19)26-18(23)11-6-13(24-2)9-14(7-11)25-3/h4-10H,1-3H3,(H,21,22). The first kappa shape index (κ1) is 19.5. The van der Waals surface area contributed by atoms with Crippen LogP contribution in [0, 0.1) is 5.82 Å². The van der Waals surface area contributed by atoms with Crippen LogP contribution in [0.4, 0.5) is 10.1 Å². The van der Waals surface area contributed by atoms with Crippen molar-refractivity contribution < 1.29 is 28.2 Å². The first-order chi connectivity index (χ1) is 12.3. The molecule has 0 fully saturated rings. The maximum atomic E-state index is 13.0. The summed E-state index contributed by atoms with van der Waals surface area (Å²) < 4.78 is 28.4. The van der Waals surface area contributed by atoms with Crippen LogP contribution in [0.25, 0.3) is 0 Å². The van der Waals surface area contributed by atoms with Gasteiger partial charge in [0.1, 0.15) is 17.3 Å². The molecule has 0 aliphatic carbocycles. The average molecular weight is 382 g/mol. The van der Waals surface area contributed by atoms with Crippen molar-refractivity contribution in [1.82, 2.24) is 0 Å². The number of benzene rings is 2. The second-order valence-corrected chi connectivity index (χ2v) is 5.67. The lowest BCUT2D eigenvalue weighted by molar-refractivity contribution is -0.123. The van der Waals surface area contributed by atoms with Gasteiger partial charge in [0.05, 0.1) is 30.5 Å². The highest BCUT2D eigenvalue weighted by Crippen LogP contribution is 2.24. The van der Waals surface area contributed by atoms with Gasteiger partial charge in [-0.15, -0.1) is 0 Å². The number of carbonyl (C=O) groups excluding carboxylic acids is 2. The van der Waals surface area contributed by atoms with Gasteiger partial charge in [-0.3, -0.25) is 4.79 Å². The normalized spacial score (nSPS) is 11.4. The maximum absolute atomic E-state index is 13.0. The van der Waals surface area contributed by atoms with E-state index < -0.39 is 23.8 Å². The highest BCUT2D eigenvalue weighted by Gasteiger charge is 2.21. The minimum atomic E-state index is -1.11. The van der Waals surface area contributed by atoms with E-state index in [2.05, 4.69) is 5.32 Å². The molecule has 0 aliphatic rings. The van der Waals surface area contributed by atoms with Crippen molar-refractivity contribution >= 4 is 29.2 Å². The van der Waals surface area contributed by atoms with Crippen LogP contribution in [0.3, 0.4) is 0 Å². The van der Waals surface area contributed by atoms with Crippen LogP contribution in [0.2, 0.25) is 5.02 Å². The zero-order valence-electron chi connectivity index (χ0n) is 14.3. The number of methoxy groups -OCH3 is 2. The molecule has 2 rings (SSSR count). The molecule has 0 heterocycles. The molecule has 6 nitrogen and oxygen atoms in total. The summed E-state index contributed by atoms with van der Waals surface area (Å²) in [6.07, 6.45) is -1.11. The zero-order valence-corrected chi connectivity index (χ0v) is 15.1. The number of rotatable bonds is 6. The Hall–Kier alpha value is -2.80. The molecule has 1 unspecified atom stereocenters. The minimum absolute atomic E-state index is 0.0365. The molecular formula is C18H17ClFNO5. The van der Waals surface area contributed by atoms with Gasteiger partial charge in [-0.1, -0.05) is 11.6 Å². The molecule has 1 N–H and O–H groups in total. The van der Waals surface area contributed by atoms with Gasteiger partial charge in [0.25, 0.3) is 5.91 Å². The number of carbonyl (C=O) groups is 2. The highest BCUT2D eigenvalue weighted by molar-refractivity contribution is 6.33. The summed E-state index contributed by atoms with van der Waals surface area (Å²) in [6.45, 7) is 1.40. The van der Waals surface area contributed by atoms with Gasteiger partial charge in [0, 0.05) is 6.07 Å². The first-order valence-electron chi connectivity index (χ1n) is 7.54. The van der Waals surface area contributed by atoms with Crippen molar-refractivity contribution in [2.24, 2.45) is 0 Å². The first-order valence-corrected chi connectivity index (χ1v) is 7.91. The van der Waals surface area contributed by atoms with Crippen molar-refractivity contribution in [3.8, 4) is 11.5 Å². The van der Waals surface area contributed by atoms with Crippen molar-refractivity contribution in [1.29, 1.82) is 0 Å². The average Bonchev–Trinajstić information content (AvgIpc) is 2.63. The Kier molecular flexibility index (Phi) is 6.41. The summed E-state index contributed by atoms with van der Waals surface area (Å²) in [4.78, 5) is 24.4. The quantitative estimate of drug-likeness (QED) is 0.773. The van der Waals surface area contributed by atoms with E-state index in [1.54, 1.807) is 6.07 Å². The topological polar surface area (TPSA) is 73.9 Å². The maximum Gasteiger partial charge on any atom is 0.339 e. The molecule has 1 atom stereocenters. The van der Waals surface area contributed by atoms with E-state index in [0.29, 0.717) is 11.5 Å². The second kappa shape index (κ2) is 8.53. The molecular weight excluding hydrogens is 365 g/mol. The Morgan fingerprint density at radius 2 is 1.69 bits per heavy atom. The molecule has 0 radical (unpaired) electrons. The van der Waals surface area contributed by atoms with E-state index in [1.807, 2.05) is 0 Å². The third kappa shape index (κ3) is 4.86. The summed E-state index contributed by atoms with van der Waals surface area (Å²) in [5.74, 6) is -1.05. The summed E-state index contributed by atoms with van der Waals surface area (Å²) in [6, 6.07) is 8.07. The molecule has 0 saturated carbocycles. The van der Waals surface area contributed by atoms with Crippen molar-refractivity contribution in [2.75, 3.05) is 19.5 Å². The molecule has 0 spiro atoms. The van der Waals surface area contributed by atoms with Crippen LogP contribution >= 0.6 is 11.6 Å². The third-order valence-electron chi connectivity index (χ3n) is 3.43. The molecule has 26 heavy (non-hydrogen) atoms. The van der Waals surface area contributed by atoms with Gasteiger partial charge in [0.15, 0.2) is 6.10 Å². The van der Waals surface area contributed by atoms with E-state index in [0.717, 1.165) is 12.1 Å². The Balaban J connectivity index is 2.07. The molecule has 1 amide bonds. The Bertz CT molecular complexity index is 805. The fourth-order valence-electron chi connectivity index (χ4n) is 2.03. The van der Waals surface area contributed by atoms with E-state index in [4.69, 9.17) is 25.8 Å². The van der Waals surface area contributed by atoms with Gasteiger partial charge in [-0.25, -0.2) is 9.18 Å². The molecule has 138 valence electrons. The Morgan fingerprint density at radius 1 is 1.08 bits per heavy atom. The van der Waals surface area contributed by atoms with Crippen molar-refractivity contribution in [3.05, 3.63) is 52.8 Å². The van der Waals surface area contributed by atoms with E-state index in [9.17, 15) is 14.0 Å². The number of hydrogen-bond donors (Lipinski definition) is 1. The van der Waals surface area contributed by atoms with Gasteiger partial charge in [-0.05, 0) is 37.3 Å². The smallest absolute Gasteiger partial charge is 0.339 e. The monoisotopic (exact) mass is 381 g/mol. The fraction of sp³-hybridized carbons (Fsp3) is 0.222. The minimum Gasteiger partial charge on any atom is -0.497 e. The van der Waals surface area contributed by atoms with Crippen LogP contribution in [0.15, 0.2) is 36.4 Å². The van der Waals surface area contributed by atoms with Crippen LogP contribution < -0.4 is 14.8 Å². The number of nitrogens with one attached hydrogen (secondary N) is 1. The molecule has 2 aromatic rings. The van der Waals surface area contributed by atoms with Crippen molar-refractivity contribution in [3.63, 3.8) is 0 Å². The van der Waals surface area contributed by atoms with Gasteiger partial charge in [0.2, 0.25) is 0 Å². The van der Waals surface area contributed by atoms with Crippen molar-refractivity contribution in [2.45, 2.75) is 13.0 Å². The Morgan fingerprint density at radius 3 is 2.23 bits per heavy atom. The lowest BCUT2D eigenvalue weighted by Crippen LogP contribution is -2.30. The van der Waals surface area contributed by atoms with Crippen LogP contribution in [0.5, 0.6) is 11.5 Å². The predicted molar refractivity (Wildman–Crippen MR) is 94.5 cm³/mol. The molecule has 2 aromatic carbocycles. The number of hydrogen-bond acceptors (Lipinski definition) is 5.